The number of hydrogen-bond donors (Lipinski definition) is 0. The second-order valence-electron chi connectivity index (χ2n) is 15.7. The molecule has 0 atom stereocenters. The summed E-state index contributed by atoms with van der Waals surface area (Å²) in [6, 6.07) is 74.6. The second kappa shape index (κ2) is 11.9. The molecule has 0 amide bonds. The standard InChI is InChI=1S/C54H39N/c1-53(2)47-24-13-11-22-43(47)44-33-32-41(35-50(44)53)55(40-31-30-37-29-28-36-16-9-10-21-42(36)46(37)34-40)51-27-15-26-49-52(51)45-23-12-14-25-48(45)54(49,38-17-5-3-6-18-38)39-19-7-4-8-20-39/h3-35H,1-2H3. The van der Waals surface area contributed by atoms with Gasteiger partial charge in [0.2, 0.25) is 0 Å². The average Bonchev–Trinajstić information content (AvgIpc) is 3.68. The van der Waals surface area contributed by atoms with Gasteiger partial charge in [-0.25, -0.2) is 0 Å². The van der Waals surface area contributed by atoms with Crippen LogP contribution in [0.25, 0.3) is 43.8 Å². The van der Waals surface area contributed by atoms with E-state index >= 15 is 0 Å². The molecule has 1 nitrogen and oxygen atoms in total. The van der Waals surface area contributed by atoms with Crippen LogP contribution in [-0.2, 0) is 10.8 Å². The Hall–Kier alpha value is -6.70. The maximum absolute atomic E-state index is 2.53. The summed E-state index contributed by atoms with van der Waals surface area (Å²) in [5.74, 6) is 0. The van der Waals surface area contributed by atoms with Crippen LogP contribution >= 0.6 is 0 Å². The maximum atomic E-state index is 2.53. The first-order valence-corrected chi connectivity index (χ1v) is 19.4. The molecule has 2 aliphatic carbocycles. The lowest BCUT2D eigenvalue weighted by Gasteiger charge is -2.34. The molecule has 0 saturated heterocycles. The van der Waals surface area contributed by atoms with Gasteiger partial charge in [-0.2, -0.15) is 0 Å². The zero-order valence-electron chi connectivity index (χ0n) is 31.0. The van der Waals surface area contributed by atoms with Crippen LogP contribution in [0.15, 0.2) is 200 Å². The first-order valence-electron chi connectivity index (χ1n) is 19.4. The van der Waals surface area contributed by atoms with Crippen molar-refractivity contribution in [2.75, 3.05) is 4.90 Å². The number of fused-ring (bicyclic) bond motifs is 9. The molecule has 0 saturated carbocycles. The topological polar surface area (TPSA) is 3.24 Å². The summed E-state index contributed by atoms with van der Waals surface area (Å²) in [7, 11) is 0. The smallest absolute Gasteiger partial charge is 0.0714 e. The summed E-state index contributed by atoms with van der Waals surface area (Å²) in [6.07, 6.45) is 0. The molecule has 0 aliphatic heterocycles. The predicted molar refractivity (Wildman–Crippen MR) is 231 cm³/mol. The van der Waals surface area contributed by atoms with Crippen molar-refractivity contribution < 1.29 is 0 Å². The summed E-state index contributed by atoms with van der Waals surface area (Å²) in [4.78, 5) is 2.53. The molecule has 260 valence electrons. The molecule has 0 spiro atoms. The van der Waals surface area contributed by atoms with Gasteiger partial charge < -0.3 is 4.90 Å². The van der Waals surface area contributed by atoms with Crippen LogP contribution in [0.3, 0.4) is 0 Å². The molecule has 1 heteroatoms. The van der Waals surface area contributed by atoms with Crippen molar-refractivity contribution in [3.05, 3.63) is 234 Å². The van der Waals surface area contributed by atoms with Crippen LogP contribution in [0.2, 0.25) is 0 Å². The molecule has 0 bridgehead atoms. The van der Waals surface area contributed by atoms with E-state index in [1.807, 2.05) is 0 Å². The Bertz CT molecular complexity index is 2920. The number of nitrogens with zero attached hydrogens (tertiary/aromatic N) is 1. The highest BCUT2D eigenvalue weighted by atomic mass is 15.1. The van der Waals surface area contributed by atoms with Gasteiger partial charge >= 0.3 is 0 Å². The van der Waals surface area contributed by atoms with Crippen LogP contribution < -0.4 is 4.90 Å². The van der Waals surface area contributed by atoms with Crippen LogP contribution in [0.5, 0.6) is 0 Å². The van der Waals surface area contributed by atoms with Gasteiger partial charge in [-0.1, -0.05) is 184 Å². The Kier molecular flexibility index (Phi) is 6.88. The highest BCUT2D eigenvalue weighted by molar-refractivity contribution is 6.09. The number of anilines is 3. The second-order valence-corrected chi connectivity index (χ2v) is 15.7. The van der Waals surface area contributed by atoms with E-state index in [1.165, 1.54) is 82.9 Å². The minimum Gasteiger partial charge on any atom is -0.310 e. The molecule has 55 heavy (non-hydrogen) atoms. The van der Waals surface area contributed by atoms with Gasteiger partial charge in [-0.15, -0.1) is 0 Å². The highest BCUT2D eigenvalue weighted by Crippen LogP contribution is 2.60. The van der Waals surface area contributed by atoms with Crippen LogP contribution in [0.1, 0.15) is 47.2 Å². The number of benzene rings is 9. The van der Waals surface area contributed by atoms with Gasteiger partial charge in [-0.05, 0) is 102 Å². The van der Waals surface area contributed by atoms with E-state index in [4.69, 9.17) is 0 Å². The van der Waals surface area contributed by atoms with Gasteiger partial charge in [0.25, 0.3) is 0 Å². The van der Waals surface area contributed by atoms with Gasteiger partial charge in [0.15, 0.2) is 0 Å². The van der Waals surface area contributed by atoms with Gasteiger partial charge in [0.05, 0.1) is 11.1 Å². The number of hydrogen-bond acceptors (Lipinski definition) is 1. The molecule has 11 rings (SSSR count). The lowest BCUT2D eigenvalue weighted by Crippen LogP contribution is -2.28. The highest BCUT2D eigenvalue weighted by Gasteiger charge is 2.47. The zero-order chi connectivity index (χ0) is 36.7. The van der Waals surface area contributed by atoms with Crippen molar-refractivity contribution in [2.45, 2.75) is 24.7 Å². The Labute approximate surface area is 322 Å². The Balaban J connectivity index is 1.23. The fraction of sp³-hybridized carbons (Fsp3) is 0.0741. The summed E-state index contributed by atoms with van der Waals surface area (Å²) in [5, 5.41) is 5.01. The molecule has 0 N–H and O–H groups in total. The first kappa shape index (κ1) is 31.8. The fourth-order valence-electron chi connectivity index (χ4n) is 10.0. The third kappa shape index (κ3) is 4.47. The van der Waals surface area contributed by atoms with Gasteiger partial charge in [-0.3, -0.25) is 0 Å². The molecular formula is C54H39N. The van der Waals surface area contributed by atoms with Gasteiger partial charge in [0, 0.05) is 22.4 Å². The molecule has 0 unspecified atom stereocenters. The maximum Gasteiger partial charge on any atom is 0.0714 e. The molecule has 0 heterocycles. The van der Waals surface area contributed by atoms with E-state index in [-0.39, 0.29) is 5.41 Å². The van der Waals surface area contributed by atoms with Crippen molar-refractivity contribution in [2.24, 2.45) is 0 Å². The molecular weight excluding hydrogens is 663 g/mol. The lowest BCUT2D eigenvalue weighted by atomic mass is 9.68. The largest absolute Gasteiger partial charge is 0.310 e. The molecule has 0 radical (unpaired) electrons. The Morgan fingerprint density at radius 3 is 1.67 bits per heavy atom. The minimum atomic E-state index is -0.489. The van der Waals surface area contributed by atoms with E-state index in [9.17, 15) is 0 Å². The number of rotatable bonds is 5. The average molecular weight is 702 g/mol. The fourth-order valence-corrected chi connectivity index (χ4v) is 10.0. The SMILES string of the molecule is CC1(C)c2ccccc2-c2ccc(N(c3ccc4ccc5ccccc5c4c3)c3cccc4c3-c3ccccc3C4(c3ccccc3)c3ccccc3)cc21. The van der Waals surface area contributed by atoms with E-state index in [1.54, 1.807) is 0 Å². The normalized spacial score (nSPS) is 14.3. The first-order chi connectivity index (χ1) is 27.0. The molecule has 9 aromatic rings. The van der Waals surface area contributed by atoms with Crippen molar-refractivity contribution in [3.8, 4) is 22.3 Å². The van der Waals surface area contributed by atoms with Gasteiger partial charge in [0.1, 0.15) is 0 Å². The quantitative estimate of drug-likeness (QED) is 0.162. The molecule has 0 aromatic heterocycles. The van der Waals surface area contributed by atoms with Crippen LogP contribution in [0.4, 0.5) is 17.1 Å². The van der Waals surface area contributed by atoms with E-state index in [2.05, 4.69) is 219 Å². The van der Waals surface area contributed by atoms with Crippen molar-refractivity contribution in [1.29, 1.82) is 0 Å². The molecule has 2 aliphatic rings. The third-order valence-electron chi connectivity index (χ3n) is 12.5. The Morgan fingerprint density at radius 1 is 0.364 bits per heavy atom. The van der Waals surface area contributed by atoms with E-state index in [0.717, 1.165) is 11.4 Å². The zero-order valence-corrected chi connectivity index (χ0v) is 31.0. The minimum absolute atomic E-state index is 0.131. The van der Waals surface area contributed by atoms with Crippen molar-refractivity contribution >= 4 is 38.6 Å². The van der Waals surface area contributed by atoms with Crippen molar-refractivity contribution in [3.63, 3.8) is 0 Å². The van der Waals surface area contributed by atoms with E-state index < -0.39 is 5.41 Å². The summed E-state index contributed by atoms with van der Waals surface area (Å²) >= 11 is 0. The predicted octanol–water partition coefficient (Wildman–Crippen LogP) is 14.1. The third-order valence-corrected chi connectivity index (χ3v) is 12.5. The summed E-state index contributed by atoms with van der Waals surface area (Å²) < 4.78 is 0. The van der Waals surface area contributed by atoms with Crippen LogP contribution in [-0.4, -0.2) is 0 Å². The monoisotopic (exact) mass is 701 g/mol. The summed E-state index contributed by atoms with van der Waals surface area (Å²) in [5.41, 5.74) is 15.9. The molecule has 9 aromatic carbocycles. The molecule has 0 fully saturated rings. The van der Waals surface area contributed by atoms with E-state index in [0.29, 0.717) is 0 Å². The summed E-state index contributed by atoms with van der Waals surface area (Å²) in [6.45, 7) is 4.75. The van der Waals surface area contributed by atoms with Crippen molar-refractivity contribution in [1.82, 2.24) is 0 Å². The van der Waals surface area contributed by atoms with Crippen LogP contribution in [0, 0.1) is 0 Å². The Morgan fingerprint density at radius 2 is 0.909 bits per heavy atom. The lowest BCUT2D eigenvalue weighted by molar-refractivity contribution is 0.660.